The van der Waals surface area contributed by atoms with Gasteiger partial charge in [-0.3, -0.25) is 0 Å². The molecule has 1 fully saturated rings. The van der Waals surface area contributed by atoms with Crippen LogP contribution in [0.5, 0.6) is 0 Å². The van der Waals surface area contributed by atoms with Crippen LogP contribution in [0.2, 0.25) is 0 Å². The molecule has 0 radical (unpaired) electrons. The van der Waals surface area contributed by atoms with Gasteiger partial charge in [0.1, 0.15) is 0 Å². The summed E-state index contributed by atoms with van der Waals surface area (Å²) in [7, 11) is 1.60. The third kappa shape index (κ3) is 4.71. The van der Waals surface area contributed by atoms with Crippen molar-refractivity contribution in [1.29, 1.82) is 5.26 Å². The molecule has 21 heavy (non-hydrogen) atoms. The summed E-state index contributed by atoms with van der Waals surface area (Å²) in [4.78, 5) is 2.34. The molecule has 1 atom stereocenters. The lowest BCUT2D eigenvalue weighted by Crippen LogP contribution is -2.45. The Kier molecular flexibility index (Phi) is 6.00. The number of nitrogens with zero attached hydrogens (tertiary/aromatic N) is 2. The van der Waals surface area contributed by atoms with Gasteiger partial charge in [0.15, 0.2) is 0 Å². The fraction of sp³-hybridized carbons (Fsp3) is 0.562. The smallest absolute Gasteiger partial charge is 0.0991 e. The molecule has 2 rings (SSSR count). The molecule has 1 saturated heterocycles. The monoisotopic (exact) mass is 289 g/mol. The molecule has 1 heterocycles. The first kappa shape index (κ1) is 15.8. The van der Waals surface area contributed by atoms with E-state index >= 15 is 0 Å². The van der Waals surface area contributed by atoms with Gasteiger partial charge >= 0.3 is 0 Å². The SMILES string of the molecule is COC[C@@H](O)CNC1CCN(c2ccc(C#N)cc2)CC1. The van der Waals surface area contributed by atoms with E-state index in [9.17, 15) is 5.11 Å². The van der Waals surface area contributed by atoms with Gasteiger partial charge < -0.3 is 20.1 Å². The average molecular weight is 289 g/mol. The molecule has 0 saturated carbocycles. The van der Waals surface area contributed by atoms with Crippen molar-refractivity contribution in [1.82, 2.24) is 5.32 Å². The summed E-state index contributed by atoms with van der Waals surface area (Å²) in [5.41, 5.74) is 1.87. The molecule has 2 N–H and O–H groups in total. The molecule has 1 aromatic rings. The summed E-state index contributed by atoms with van der Waals surface area (Å²) in [6, 6.07) is 10.3. The number of nitrogens with one attached hydrogen (secondary N) is 1. The van der Waals surface area contributed by atoms with Crippen molar-refractivity contribution < 1.29 is 9.84 Å². The lowest BCUT2D eigenvalue weighted by Gasteiger charge is -2.34. The van der Waals surface area contributed by atoms with Gasteiger partial charge in [-0.15, -0.1) is 0 Å². The standard InChI is InChI=1S/C16H23N3O2/c1-21-12-16(20)11-18-14-6-8-19(9-7-14)15-4-2-13(10-17)3-5-15/h2-5,14,16,18,20H,6-9,11-12H2,1H3/t16-/m0/s1. The second-order valence-electron chi connectivity index (χ2n) is 5.44. The van der Waals surface area contributed by atoms with E-state index in [-0.39, 0.29) is 0 Å². The van der Waals surface area contributed by atoms with E-state index in [4.69, 9.17) is 10.00 Å². The van der Waals surface area contributed by atoms with E-state index in [1.54, 1.807) is 7.11 Å². The molecular weight excluding hydrogens is 266 g/mol. The Balaban J connectivity index is 1.76. The summed E-state index contributed by atoms with van der Waals surface area (Å²) < 4.78 is 4.92. The van der Waals surface area contributed by atoms with Gasteiger partial charge in [-0.05, 0) is 37.1 Å². The minimum atomic E-state index is -0.438. The molecule has 5 nitrogen and oxygen atoms in total. The highest BCUT2D eigenvalue weighted by atomic mass is 16.5. The van der Waals surface area contributed by atoms with E-state index in [0.29, 0.717) is 24.8 Å². The van der Waals surface area contributed by atoms with Crippen LogP contribution in [0.3, 0.4) is 0 Å². The number of aliphatic hydroxyl groups excluding tert-OH is 1. The van der Waals surface area contributed by atoms with Crippen LogP contribution in [0.15, 0.2) is 24.3 Å². The Morgan fingerprint density at radius 2 is 2.05 bits per heavy atom. The molecule has 0 spiro atoms. The number of anilines is 1. The van der Waals surface area contributed by atoms with Crippen LogP contribution in [0, 0.1) is 11.3 Å². The third-order valence-electron chi connectivity index (χ3n) is 3.86. The number of nitriles is 1. The second kappa shape index (κ2) is 7.99. The predicted octanol–water partition coefficient (Wildman–Crippen LogP) is 1.12. The van der Waals surface area contributed by atoms with Crippen molar-refractivity contribution in [3.8, 4) is 6.07 Å². The Morgan fingerprint density at radius 1 is 1.38 bits per heavy atom. The summed E-state index contributed by atoms with van der Waals surface area (Å²) in [6.45, 7) is 2.93. The van der Waals surface area contributed by atoms with Crippen LogP contribution in [0.4, 0.5) is 5.69 Å². The van der Waals surface area contributed by atoms with Gasteiger partial charge in [-0.2, -0.15) is 5.26 Å². The molecule has 5 heteroatoms. The Bertz CT molecular complexity index is 461. The van der Waals surface area contributed by atoms with Crippen LogP contribution in [-0.2, 0) is 4.74 Å². The quantitative estimate of drug-likeness (QED) is 0.821. The first-order valence-corrected chi connectivity index (χ1v) is 7.38. The number of aliphatic hydroxyl groups is 1. The number of piperidine rings is 1. The lowest BCUT2D eigenvalue weighted by atomic mass is 10.0. The van der Waals surface area contributed by atoms with Gasteiger partial charge in [0, 0.05) is 38.5 Å². The van der Waals surface area contributed by atoms with Crippen LogP contribution in [0.1, 0.15) is 18.4 Å². The summed E-state index contributed by atoms with van der Waals surface area (Å²) >= 11 is 0. The van der Waals surface area contributed by atoms with Gasteiger partial charge in [-0.1, -0.05) is 0 Å². The second-order valence-corrected chi connectivity index (χ2v) is 5.44. The van der Waals surface area contributed by atoms with Crippen molar-refractivity contribution in [2.45, 2.75) is 25.0 Å². The molecule has 0 unspecified atom stereocenters. The molecule has 1 aliphatic rings. The zero-order valence-corrected chi connectivity index (χ0v) is 12.5. The maximum absolute atomic E-state index is 9.63. The molecule has 1 aromatic carbocycles. The molecule has 0 amide bonds. The number of methoxy groups -OCH3 is 1. The fourth-order valence-electron chi connectivity index (χ4n) is 2.64. The molecule has 0 aromatic heterocycles. The number of benzene rings is 1. The largest absolute Gasteiger partial charge is 0.389 e. The highest BCUT2D eigenvalue weighted by molar-refractivity contribution is 5.49. The lowest BCUT2D eigenvalue weighted by molar-refractivity contribution is 0.0621. The zero-order valence-electron chi connectivity index (χ0n) is 12.5. The van der Waals surface area contributed by atoms with Gasteiger partial charge in [0.2, 0.25) is 0 Å². The normalized spacial score (nSPS) is 17.5. The molecule has 1 aliphatic heterocycles. The average Bonchev–Trinajstić information content (AvgIpc) is 2.54. The Hall–Kier alpha value is -1.61. The van der Waals surface area contributed by atoms with Crippen molar-refractivity contribution in [3.63, 3.8) is 0 Å². The van der Waals surface area contributed by atoms with E-state index in [1.807, 2.05) is 24.3 Å². The topological polar surface area (TPSA) is 68.5 Å². The van der Waals surface area contributed by atoms with Crippen molar-refractivity contribution >= 4 is 5.69 Å². The minimum absolute atomic E-state index is 0.372. The maximum Gasteiger partial charge on any atom is 0.0991 e. The summed E-state index contributed by atoms with van der Waals surface area (Å²) in [5, 5.41) is 21.8. The number of hydrogen-bond acceptors (Lipinski definition) is 5. The van der Waals surface area contributed by atoms with Crippen LogP contribution in [0.25, 0.3) is 0 Å². The third-order valence-corrected chi connectivity index (χ3v) is 3.86. The van der Waals surface area contributed by atoms with Crippen molar-refractivity contribution in [3.05, 3.63) is 29.8 Å². The van der Waals surface area contributed by atoms with E-state index in [2.05, 4.69) is 16.3 Å². The fourth-order valence-corrected chi connectivity index (χ4v) is 2.64. The van der Waals surface area contributed by atoms with E-state index < -0.39 is 6.10 Å². The van der Waals surface area contributed by atoms with Crippen LogP contribution in [-0.4, -0.2) is 50.6 Å². The van der Waals surface area contributed by atoms with Crippen molar-refractivity contribution in [2.24, 2.45) is 0 Å². The first-order valence-electron chi connectivity index (χ1n) is 7.38. The molecule has 0 bridgehead atoms. The highest BCUT2D eigenvalue weighted by Crippen LogP contribution is 2.20. The Morgan fingerprint density at radius 3 is 2.62 bits per heavy atom. The van der Waals surface area contributed by atoms with Crippen LogP contribution < -0.4 is 10.2 Å². The van der Waals surface area contributed by atoms with Crippen LogP contribution >= 0.6 is 0 Å². The number of hydrogen-bond donors (Lipinski definition) is 2. The summed E-state index contributed by atoms with van der Waals surface area (Å²) in [6.07, 6.45) is 1.67. The summed E-state index contributed by atoms with van der Waals surface area (Å²) in [5.74, 6) is 0. The molecule has 0 aliphatic carbocycles. The first-order chi connectivity index (χ1) is 10.2. The number of ether oxygens (including phenoxy) is 1. The van der Waals surface area contributed by atoms with E-state index in [1.165, 1.54) is 5.69 Å². The predicted molar refractivity (Wildman–Crippen MR) is 82.3 cm³/mol. The van der Waals surface area contributed by atoms with Gasteiger partial charge in [0.25, 0.3) is 0 Å². The highest BCUT2D eigenvalue weighted by Gasteiger charge is 2.19. The van der Waals surface area contributed by atoms with Gasteiger partial charge in [0.05, 0.1) is 24.3 Å². The maximum atomic E-state index is 9.63. The van der Waals surface area contributed by atoms with Gasteiger partial charge in [-0.25, -0.2) is 0 Å². The molecule has 114 valence electrons. The number of rotatable bonds is 6. The minimum Gasteiger partial charge on any atom is -0.389 e. The Labute approximate surface area is 126 Å². The molecular formula is C16H23N3O2. The van der Waals surface area contributed by atoms with E-state index in [0.717, 1.165) is 25.9 Å². The van der Waals surface area contributed by atoms with Crippen molar-refractivity contribution in [2.75, 3.05) is 38.3 Å². The zero-order chi connectivity index (χ0) is 15.1.